The maximum Gasteiger partial charge on any atom is 0.0541 e. The lowest BCUT2D eigenvalue weighted by atomic mass is 9.88. The lowest BCUT2D eigenvalue weighted by Crippen LogP contribution is -2.12. The Kier molecular flexibility index (Phi) is 9.06. The van der Waals surface area contributed by atoms with Gasteiger partial charge in [0, 0.05) is 53.6 Å². The van der Waals surface area contributed by atoms with Crippen LogP contribution in [0.4, 0.5) is 17.1 Å². The van der Waals surface area contributed by atoms with E-state index in [0.29, 0.717) is 0 Å². The van der Waals surface area contributed by atoms with Crippen LogP contribution < -0.4 is 4.90 Å². The van der Waals surface area contributed by atoms with Crippen LogP contribution in [0.15, 0.2) is 243 Å². The lowest BCUT2D eigenvalue weighted by Gasteiger charge is -2.29. The van der Waals surface area contributed by atoms with Gasteiger partial charge in [-0.05, 0) is 93.5 Å². The van der Waals surface area contributed by atoms with E-state index in [4.69, 9.17) is 0 Å². The second-order valence-electron chi connectivity index (χ2n) is 16.0. The molecule has 296 valence electrons. The summed E-state index contributed by atoms with van der Waals surface area (Å²) in [4.78, 5) is 2.44. The normalized spacial score (nSPS) is 11.5. The largest absolute Gasteiger partial charge is 0.310 e. The van der Waals surface area contributed by atoms with Crippen LogP contribution in [0.25, 0.3) is 92.2 Å². The number of aromatic nitrogens is 1. The predicted molar refractivity (Wildman–Crippen MR) is 270 cm³/mol. The maximum absolute atomic E-state index is 2.44. The monoisotopic (exact) mass is 820 g/mol. The van der Waals surface area contributed by atoms with Crippen molar-refractivity contribution in [3.8, 4) is 50.2 Å². The fourth-order valence-electron chi connectivity index (χ4n) is 9.60. The van der Waals surface area contributed by atoms with Gasteiger partial charge < -0.3 is 9.47 Å². The molecule has 12 rings (SSSR count). The van der Waals surface area contributed by atoms with E-state index >= 15 is 0 Å². The summed E-state index contributed by atoms with van der Waals surface area (Å²) >= 11 is 1.87. The van der Waals surface area contributed by atoms with Crippen LogP contribution in [0, 0.1) is 0 Å². The Morgan fingerprint density at radius 1 is 0.317 bits per heavy atom. The number of para-hydroxylation sites is 3. The van der Waals surface area contributed by atoms with Gasteiger partial charge in [-0.15, -0.1) is 11.3 Å². The number of fused-ring (bicyclic) bond motifs is 6. The van der Waals surface area contributed by atoms with Crippen LogP contribution in [0.2, 0.25) is 0 Å². The van der Waals surface area contributed by atoms with Crippen LogP contribution in [-0.2, 0) is 0 Å². The van der Waals surface area contributed by atoms with Crippen molar-refractivity contribution in [1.82, 2.24) is 4.57 Å². The molecular formula is C60H40N2S. The van der Waals surface area contributed by atoms with Crippen molar-refractivity contribution in [1.29, 1.82) is 0 Å². The van der Waals surface area contributed by atoms with E-state index in [1.54, 1.807) is 0 Å². The minimum Gasteiger partial charge on any atom is -0.310 e. The molecule has 0 unspecified atom stereocenters. The molecule has 0 radical (unpaired) electrons. The van der Waals surface area contributed by atoms with E-state index in [-0.39, 0.29) is 0 Å². The van der Waals surface area contributed by atoms with E-state index in [9.17, 15) is 0 Å². The van der Waals surface area contributed by atoms with E-state index in [0.717, 1.165) is 28.3 Å². The molecule has 0 saturated heterocycles. The van der Waals surface area contributed by atoms with Gasteiger partial charge in [-0.1, -0.05) is 188 Å². The van der Waals surface area contributed by atoms with Gasteiger partial charge in [0.05, 0.1) is 16.7 Å². The van der Waals surface area contributed by atoms with Gasteiger partial charge >= 0.3 is 0 Å². The van der Waals surface area contributed by atoms with E-state index in [2.05, 4.69) is 252 Å². The van der Waals surface area contributed by atoms with Crippen molar-refractivity contribution < 1.29 is 0 Å². The first-order valence-electron chi connectivity index (χ1n) is 21.5. The second-order valence-corrected chi connectivity index (χ2v) is 17.1. The zero-order chi connectivity index (χ0) is 41.7. The molecule has 0 aliphatic carbocycles. The first-order chi connectivity index (χ1) is 31.3. The highest BCUT2D eigenvalue weighted by Crippen LogP contribution is 2.47. The SMILES string of the molecule is c1ccc(-c2ccccc2-c2ccccc2-c2ccccc2N(c2ccc(-c3cccc4c3sc3ccccc34)cc2)c2cccc(-n3c4ccccc4c4ccccc43)c2)cc1. The summed E-state index contributed by atoms with van der Waals surface area (Å²) in [5, 5.41) is 5.12. The Morgan fingerprint density at radius 3 is 1.56 bits per heavy atom. The van der Waals surface area contributed by atoms with Crippen molar-refractivity contribution in [2.45, 2.75) is 0 Å². The molecule has 12 aromatic rings. The number of nitrogens with zero attached hydrogens (tertiary/aromatic N) is 2. The number of thiophene rings is 1. The maximum atomic E-state index is 2.44. The molecule has 0 fully saturated rings. The third-order valence-electron chi connectivity index (χ3n) is 12.4. The number of anilines is 3. The average Bonchev–Trinajstić information content (AvgIpc) is 3.91. The van der Waals surface area contributed by atoms with Gasteiger partial charge in [0.25, 0.3) is 0 Å². The summed E-state index contributed by atoms with van der Waals surface area (Å²) in [6.07, 6.45) is 0. The first kappa shape index (κ1) is 36.8. The Labute approximate surface area is 370 Å². The third kappa shape index (κ3) is 6.33. The molecule has 2 heterocycles. The Balaban J connectivity index is 1.06. The molecule has 10 aromatic carbocycles. The minimum absolute atomic E-state index is 1.07. The quantitative estimate of drug-likeness (QED) is 0.148. The van der Waals surface area contributed by atoms with Gasteiger partial charge in [-0.3, -0.25) is 0 Å². The number of rotatable bonds is 8. The fourth-order valence-corrected chi connectivity index (χ4v) is 10.8. The molecular weight excluding hydrogens is 781 g/mol. The minimum atomic E-state index is 1.07. The number of hydrogen-bond donors (Lipinski definition) is 0. The highest BCUT2D eigenvalue weighted by Gasteiger charge is 2.22. The summed E-state index contributed by atoms with van der Waals surface area (Å²) in [5.41, 5.74) is 16.3. The van der Waals surface area contributed by atoms with Crippen LogP contribution >= 0.6 is 11.3 Å². The molecule has 0 atom stereocenters. The van der Waals surface area contributed by atoms with Crippen LogP contribution in [0.3, 0.4) is 0 Å². The van der Waals surface area contributed by atoms with E-state index < -0.39 is 0 Å². The van der Waals surface area contributed by atoms with Gasteiger partial charge in [-0.2, -0.15) is 0 Å². The average molecular weight is 821 g/mol. The number of hydrogen-bond acceptors (Lipinski definition) is 2. The molecule has 3 heteroatoms. The van der Waals surface area contributed by atoms with Gasteiger partial charge in [0.1, 0.15) is 0 Å². The zero-order valence-electron chi connectivity index (χ0n) is 34.4. The molecule has 63 heavy (non-hydrogen) atoms. The molecule has 0 bridgehead atoms. The Bertz CT molecular complexity index is 3580. The second kappa shape index (κ2) is 15.5. The molecule has 0 N–H and O–H groups in total. The van der Waals surface area contributed by atoms with Crippen LogP contribution in [0.5, 0.6) is 0 Å². The summed E-state index contributed by atoms with van der Waals surface area (Å²) in [6.45, 7) is 0. The van der Waals surface area contributed by atoms with E-state index in [1.165, 1.54) is 80.9 Å². The first-order valence-corrected chi connectivity index (χ1v) is 22.3. The predicted octanol–water partition coefficient (Wildman–Crippen LogP) is 17.3. The van der Waals surface area contributed by atoms with E-state index in [1.807, 2.05) is 11.3 Å². The summed E-state index contributed by atoms with van der Waals surface area (Å²) in [5.74, 6) is 0. The summed E-state index contributed by atoms with van der Waals surface area (Å²) < 4.78 is 5.04. The standard InChI is InChI=1S/C60H40N2S/c1-2-18-41(19-3-1)46-22-4-5-23-48(46)49-24-6-7-25-50(49)51-26-8-12-32-56(51)61(43-38-36-42(37-39-43)47-30-17-31-55-54-29-11-15-35-59(54)63-60(47)55)44-20-16-21-45(40-44)62-57-33-13-9-27-52(57)53-28-10-14-34-58(53)62/h1-40H. The van der Waals surface area contributed by atoms with Gasteiger partial charge in [0.2, 0.25) is 0 Å². The lowest BCUT2D eigenvalue weighted by molar-refractivity contribution is 1.17. The summed E-state index contributed by atoms with van der Waals surface area (Å²) in [7, 11) is 0. The molecule has 2 aromatic heterocycles. The van der Waals surface area contributed by atoms with Crippen molar-refractivity contribution in [2.24, 2.45) is 0 Å². The van der Waals surface area contributed by atoms with Gasteiger partial charge in [-0.25, -0.2) is 0 Å². The smallest absolute Gasteiger partial charge is 0.0541 e. The van der Waals surface area contributed by atoms with Crippen molar-refractivity contribution in [3.05, 3.63) is 243 Å². The molecule has 2 nitrogen and oxygen atoms in total. The molecule has 0 saturated carbocycles. The fraction of sp³-hybridized carbons (Fsp3) is 0. The van der Waals surface area contributed by atoms with Gasteiger partial charge in [0.15, 0.2) is 0 Å². The molecule has 0 aliphatic rings. The van der Waals surface area contributed by atoms with Crippen molar-refractivity contribution in [3.63, 3.8) is 0 Å². The topological polar surface area (TPSA) is 8.17 Å². The molecule has 0 aliphatic heterocycles. The third-order valence-corrected chi connectivity index (χ3v) is 13.7. The Hall–Kier alpha value is -7.98. The van der Waals surface area contributed by atoms with Crippen LogP contribution in [-0.4, -0.2) is 4.57 Å². The molecule has 0 amide bonds. The van der Waals surface area contributed by atoms with Crippen LogP contribution in [0.1, 0.15) is 0 Å². The number of benzene rings is 10. The highest BCUT2D eigenvalue weighted by molar-refractivity contribution is 7.26. The Morgan fingerprint density at radius 2 is 0.825 bits per heavy atom. The zero-order valence-corrected chi connectivity index (χ0v) is 35.2. The molecule has 0 spiro atoms. The van der Waals surface area contributed by atoms with Crippen molar-refractivity contribution in [2.75, 3.05) is 4.90 Å². The summed E-state index contributed by atoms with van der Waals surface area (Å²) in [6, 6.07) is 88.4. The van der Waals surface area contributed by atoms with Crippen molar-refractivity contribution >= 4 is 70.4 Å². The highest BCUT2D eigenvalue weighted by atomic mass is 32.1.